The van der Waals surface area contributed by atoms with Gasteiger partial charge < -0.3 is 29.6 Å². The molecule has 164 valence electrons. The summed E-state index contributed by atoms with van der Waals surface area (Å²) in [4.78, 5) is 4.12. The minimum Gasteiger partial charge on any atom is -0.454 e. The maximum atomic E-state index is 12.7. The highest BCUT2D eigenvalue weighted by Gasteiger charge is 2.20. The lowest BCUT2D eigenvalue weighted by Crippen LogP contribution is -2.38. The van der Waals surface area contributed by atoms with Crippen molar-refractivity contribution in [2.24, 2.45) is 4.99 Å². The largest absolute Gasteiger partial charge is 0.454 e. The van der Waals surface area contributed by atoms with Gasteiger partial charge in [0.25, 0.3) is 0 Å². The third-order valence-electron chi connectivity index (χ3n) is 4.09. The highest BCUT2D eigenvalue weighted by Crippen LogP contribution is 2.38. The predicted molar refractivity (Wildman–Crippen MR) is 119 cm³/mol. The molecule has 0 aliphatic carbocycles. The predicted octanol–water partition coefficient (Wildman–Crippen LogP) is 3.52. The van der Waals surface area contributed by atoms with Crippen molar-refractivity contribution in [1.82, 2.24) is 10.6 Å². The van der Waals surface area contributed by atoms with Crippen LogP contribution in [0.5, 0.6) is 17.2 Å². The SMILES string of the molecule is CN=C(NCCOCc1ccccc1)NCc1cc2c(cc1OC(F)F)OCO2.I. The molecule has 0 unspecified atom stereocenters. The van der Waals surface area contributed by atoms with Gasteiger partial charge in [-0.1, -0.05) is 30.3 Å². The van der Waals surface area contributed by atoms with Gasteiger partial charge in [0.15, 0.2) is 17.5 Å². The van der Waals surface area contributed by atoms with Crippen LogP contribution in [0.15, 0.2) is 47.5 Å². The van der Waals surface area contributed by atoms with E-state index in [1.807, 2.05) is 30.3 Å². The van der Waals surface area contributed by atoms with E-state index < -0.39 is 6.61 Å². The van der Waals surface area contributed by atoms with Gasteiger partial charge in [0.1, 0.15) is 5.75 Å². The van der Waals surface area contributed by atoms with E-state index in [1.54, 1.807) is 13.1 Å². The van der Waals surface area contributed by atoms with Crippen LogP contribution in [-0.4, -0.2) is 39.6 Å². The number of hydrogen-bond acceptors (Lipinski definition) is 5. The molecule has 1 aliphatic rings. The Labute approximate surface area is 190 Å². The van der Waals surface area contributed by atoms with Gasteiger partial charge in [-0.2, -0.15) is 8.78 Å². The fraction of sp³-hybridized carbons (Fsp3) is 0.350. The van der Waals surface area contributed by atoms with Crippen LogP contribution >= 0.6 is 24.0 Å². The summed E-state index contributed by atoms with van der Waals surface area (Å²) in [6, 6.07) is 12.9. The number of hydrogen-bond donors (Lipinski definition) is 2. The zero-order valence-corrected chi connectivity index (χ0v) is 18.7. The highest BCUT2D eigenvalue weighted by molar-refractivity contribution is 14.0. The molecule has 0 spiro atoms. The van der Waals surface area contributed by atoms with E-state index in [-0.39, 0.29) is 43.1 Å². The minimum absolute atomic E-state index is 0. The Morgan fingerprint density at radius 2 is 1.87 bits per heavy atom. The molecule has 7 nitrogen and oxygen atoms in total. The number of fused-ring (bicyclic) bond motifs is 1. The molecule has 0 bridgehead atoms. The number of rotatable bonds is 9. The number of halogens is 3. The van der Waals surface area contributed by atoms with Crippen molar-refractivity contribution < 1.29 is 27.7 Å². The molecule has 0 atom stereocenters. The Bertz CT molecular complexity index is 825. The lowest BCUT2D eigenvalue weighted by molar-refractivity contribution is -0.0505. The maximum Gasteiger partial charge on any atom is 0.387 e. The lowest BCUT2D eigenvalue weighted by atomic mass is 10.1. The third-order valence-corrected chi connectivity index (χ3v) is 4.09. The molecule has 1 aliphatic heterocycles. The molecule has 0 radical (unpaired) electrons. The van der Waals surface area contributed by atoms with Gasteiger partial charge >= 0.3 is 6.61 Å². The van der Waals surface area contributed by atoms with Crippen LogP contribution < -0.4 is 24.8 Å². The first kappa shape index (κ1) is 23.9. The molecule has 2 aromatic carbocycles. The lowest BCUT2D eigenvalue weighted by Gasteiger charge is -2.15. The first-order valence-corrected chi connectivity index (χ1v) is 9.09. The fourth-order valence-corrected chi connectivity index (χ4v) is 2.71. The summed E-state index contributed by atoms with van der Waals surface area (Å²) in [5.74, 6) is 1.40. The van der Waals surface area contributed by atoms with Crippen LogP contribution in [0.3, 0.4) is 0 Å². The summed E-state index contributed by atoms with van der Waals surface area (Å²) in [7, 11) is 1.62. The number of alkyl halides is 2. The summed E-state index contributed by atoms with van der Waals surface area (Å²) < 4.78 is 46.2. The van der Waals surface area contributed by atoms with E-state index in [0.29, 0.717) is 42.8 Å². The molecule has 2 N–H and O–H groups in total. The van der Waals surface area contributed by atoms with Crippen molar-refractivity contribution >= 4 is 29.9 Å². The molecule has 3 rings (SSSR count). The average Bonchev–Trinajstić information content (AvgIpc) is 3.17. The van der Waals surface area contributed by atoms with Crippen LogP contribution in [0.4, 0.5) is 8.78 Å². The van der Waals surface area contributed by atoms with Gasteiger partial charge in [0, 0.05) is 31.8 Å². The minimum atomic E-state index is -2.94. The van der Waals surface area contributed by atoms with Gasteiger partial charge in [-0.25, -0.2) is 0 Å². The molecule has 0 amide bonds. The molecule has 0 fully saturated rings. The van der Waals surface area contributed by atoms with E-state index >= 15 is 0 Å². The van der Waals surface area contributed by atoms with E-state index in [1.165, 1.54) is 6.07 Å². The van der Waals surface area contributed by atoms with Crippen molar-refractivity contribution in [1.29, 1.82) is 0 Å². The van der Waals surface area contributed by atoms with Crippen LogP contribution in [-0.2, 0) is 17.9 Å². The first-order chi connectivity index (χ1) is 14.2. The van der Waals surface area contributed by atoms with Gasteiger partial charge in [-0.15, -0.1) is 24.0 Å². The summed E-state index contributed by atoms with van der Waals surface area (Å²) in [6.45, 7) is -1.13. The number of nitrogens with zero attached hydrogens (tertiary/aromatic N) is 1. The quantitative estimate of drug-likeness (QED) is 0.222. The second-order valence-corrected chi connectivity index (χ2v) is 6.08. The van der Waals surface area contributed by atoms with E-state index in [4.69, 9.17) is 14.2 Å². The molecule has 0 saturated carbocycles. The molecule has 2 aromatic rings. The van der Waals surface area contributed by atoms with Gasteiger partial charge in [-0.3, -0.25) is 4.99 Å². The number of ether oxygens (including phenoxy) is 4. The summed E-state index contributed by atoms with van der Waals surface area (Å²) in [6.07, 6.45) is 0. The van der Waals surface area contributed by atoms with Crippen LogP contribution in [0, 0.1) is 0 Å². The van der Waals surface area contributed by atoms with Crippen LogP contribution in [0.1, 0.15) is 11.1 Å². The summed E-state index contributed by atoms with van der Waals surface area (Å²) in [5, 5.41) is 6.17. The van der Waals surface area contributed by atoms with E-state index in [2.05, 4.69) is 20.4 Å². The smallest absolute Gasteiger partial charge is 0.387 e. The third kappa shape index (κ3) is 7.17. The van der Waals surface area contributed by atoms with Gasteiger partial charge in [-0.05, 0) is 11.6 Å². The Morgan fingerprint density at radius 1 is 1.13 bits per heavy atom. The first-order valence-electron chi connectivity index (χ1n) is 9.09. The molecular weight excluding hydrogens is 511 g/mol. The number of guanidine groups is 1. The Balaban J connectivity index is 0.00000320. The molecule has 0 aromatic heterocycles. The maximum absolute atomic E-state index is 12.7. The molecular formula is C20H24F2IN3O4. The Kier molecular flexibility index (Phi) is 9.87. The van der Waals surface area contributed by atoms with Crippen LogP contribution in [0.2, 0.25) is 0 Å². The average molecular weight is 535 g/mol. The van der Waals surface area contributed by atoms with Crippen molar-refractivity contribution in [2.45, 2.75) is 19.8 Å². The Morgan fingerprint density at radius 3 is 2.57 bits per heavy atom. The molecule has 0 saturated heterocycles. The second-order valence-electron chi connectivity index (χ2n) is 6.08. The van der Waals surface area contributed by atoms with E-state index in [0.717, 1.165) is 5.56 Å². The normalized spacial score (nSPS) is 12.5. The van der Waals surface area contributed by atoms with Gasteiger partial charge in [0.2, 0.25) is 6.79 Å². The van der Waals surface area contributed by atoms with Crippen molar-refractivity contribution in [2.75, 3.05) is 27.0 Å². The number of nitrogens with one attached hydrogen (secondary N) is 2. The number of benzene rings is 2. The molecule has 1 heterocycles. The monoisotopic (exact) mass is 535 g/mol. The standard InChI is InChI=1S/C20H23F2N3O4.HI/c1-23-20(24-7-8-26-12-14-5-3-2-4-6-14)25-11-15-9-17-18(28-13-27-17)10-16(15)29-19(21)22;/h2-6,9-10,19H,7-8,11-13H2,1H3,(H2,23,24,25);1H. The zero-order valence-electron chi connectivity index (χ0n) is 16.4. The van der Waals surface area contributed by atoms with Crippen molar-refractivity contribution in [3.8, 4) is 17.2 Å². The highest BCUT2D eigenvalue weighted by atomic mass is 127. The topological polar surface area (TPSA) is 73.3 Å². The van der Waals surface area contributed by atoms with Crippen molar-refractivity contribution in [3.05, 3.63) is 53.6 Å². The van der Waals surface area contributed by atoms with Crippen molar-refractivity contribution in [3.63, 3.8) is 0 Å². The Hall–Kier alpha value is -2.34. The van der Waals surface area contributed by atoms with Gasteiger partial charge in [0.05, 0.1) is 13.2 Å². The summed E-state index contributed by atoms with van der Waals surface area (Å²) >= 11 is 0. The molecule has 10 heteroatoms. The zero-order chi connectivity index (χ0) is 20.5. The number of aliphatic imine (C=N–C) groups is 1. The summed E-state index contributed by atoms with van der Waals surface area (Å²) in [5.41, 5.74) is 1.60. The van der Waals surface area contributed by atoms with Crippen LogP contribution in [0.25, 0.3) is 0 Å². The second kappa shape index (κ2) is 12.4. The van der Waals surface area contributed by atoms with E-state index in [9.17, 15) is 8.78 Å². The molecule has 30 heavy (non-hydrogen) atoms. The fourth-order valence-electron chi connectivity index (χ4n) is 2.71.